The third-order valence-corrected chi connectivity index (χ3v) is 6.31. The summed E-state index contributed by atoms with van der Waals surface area (Å²) in [5, 5.41) is 11.4. The molecule has 0 spiro atoms. The Balaban J connectivity index is 2.19. The van der Waals surface area contributed by atoms with Crippen molar-refractivity contribution < 1.29 is 19.4 Å². The van der Waals surface area contributed by atoms with E-state index in [0.717, 1.165) is 17.5 Å². The molecule has 6 heteroatoms. The number of aryl methyl sites for hydroxylation is 1. The van der Waals surface area contributed by atoms with Gasteiger partial charge in [-0.15, -0.1) is 0 Å². The van der Waals surface area contributed by atoms with Gasteiger partial charge in [-0.25, -0.2) is 0 Å². The molecule has 2 aromatic carbocycles. The van der Waals surface area contributed by atoms with Crippen molar-refractivity contribution in [3.05, 3.63) is 70.3 Å². The van der Waals surface area contributed by atoms with Crippen molar-refractivity contribution in [1.29, 1.82) is 0 Å². The van der Waals surface area contributed by atoms with Crippen molar-refractivity contribution in [2.24, 2.45) is 0 Å². The van der Waals surface area contributed by atoms with E-state index in [9.17, 15) is 14.7 Å². The van der Waals surface area contributed by atoms with Gasteiger partial charge in [-0.3, -0.25) is 9.59 Å². The van der Waals surface area contributed by atoms with E-state index in [1.54, 1.807) is 24.1 Å². The molecule has 1 aliphatic rings. The Morgan fingerprint density at radius 2 is 1.74 bits per heavy atom. The van der Waals surface area contributed by atoms with Crippen molar-refractivity contribution in [2.75, 3.05) is 34.3 Å². The zero-order chi connectivity index (χ0) is 25.2. The predicted molar refractivity (Wildman–Crippen MR) is 135 cm³/mol. The van der Waals surface area contributed by atoms with Gasteiger partial charge in [0.15, 0.2) is 0 Å². The number of ether oxygens (including phenoxy) is 1. The highest BCUT2D eigenvalue weighted by Gasteiger charge is 2.46. The summed E-state index contributed by atoms with van der Waals surface area (Å²) >= 11 is 0. The molecular formula is C28H36N2O4. The highest BCUT2D eigenvalue weighted by Crippen LogP contribution is 2.41. The van der Waals surface area contributed by atoms with Gasteiger partial charge >= 0.3 is 0 Å². The molecule has 1 atom stereocenters. The molecule has 2 aromatic rings. The molecule has 0 bridgehead atoms. The van der Waals surface area contributed by atoms with Crippen LogP contribution in [0, 0.1) is 0 Å². The van der Waals surface area contributed by atoms with Gasteiger partial charge in [-0.1, -0.05) is 52.0 Å². The van der Waals surface area contributed by atoms with Gasteiger partial charge in [-0.2, -0.15) is 0 Å². The first kappa shape index (κ1) is 25.5. The van der Waals surface area contributed by atoms with Crippen LogP contribution >= 0.6 is 0 Å². The number of ketones is 1. The van der Waals surface area contributed by atoms with Crippen molar-refractivity contribution in [3.63, 3.8) is 0 Å². The fourth-order valence-corrected chi connectivity index (χ4v) is 4.30. The number of carbonyl (C=O) groups excluding carboxylic acids is 2. The van der Waals surface area contributed by atoms with Crippen molar-refractivity contribution in [2.45, 2.75) is 45.6 Å². The molecule has 0 saturated carbocycles. The second-order valence-electron chi connectivity index (χ2n) is 10.1. The number of rotatable bonds is 7. The molecule has 1 heterocycles. The number of hydrogen-bond acceptors (Lipinski definition) is 5. The number of aliphatic hydroxyl groups excluding tert-OH is 1. The normalized spacial score (nSPS) is 18.1. The maximum absolute atomic E-state index is 13.2. The average molecular weight is 465 g/mol. The van der Waals surface area contributed by atoms with Gasteiger partial charge in [0.2, 0.25) is 0 Å². The SMILES string of the molecule is CCc1ccc(C2/C(=C(/O)c3ccc(OC)c(C(C)(C)C)c3)C(=O)C(=O)N2CCN(C)C)cc1. The lowest BCUT2D eigenvalue weighted by Gasteiger charge is -2.27. The number of aliphatic hydroxyl groups is 1. The third kappa shape index (κ3) is 5.02. The Labute approximate surface area is 202 Å². The average Bonchev–Trinajstić information content (AvgIpc) is 3.06. The molecule has 1 unspecified atom stereocenters. The minimum Gasteiger partial charge on any atom is -0.507 e. The molecule has 1 N–H and O–H groups in total. The van der Waals surface area contributed by atoms with Gasteiger partial charge in [0.1, 0.15) is 11.5 Å². The maximum Gasteiger partial charge on any atom is 0.295 e. The Morgan fingerprint density at radius 1 is 1.09 bits per heavy atom. The molecule has 0 radical (unpaired) electrons. The van der Waals surface area contributed by atoms with Gasteiger partial charge < -0.3 is 19.6 Å². The minimum atomic E-state index is -0.658. The van der Waals surface area contributed by atoms with E-state index in [4.69, 9.17) is 4.74 Å². The number of benzene rings is 2. The summed E-state index contributed by atoms with van der Waals surface area (Å²) in [5.74, 6) is -0.697. The van der Waals surface area contributed by atoms with Crippen LogP contribution in [-0.2, 0) is 21.4 Å². The lowest BCUT2D eigenvalue weighted by Crippen LogP contribution is -2.35. The second-order valence-corrected chi connectivity index (χ2v) is 10.1. The van der Waals surface area contributed by atoms with Crippen LogP contribution in [0.1, 0.15) is 56.0 Å². The van der Waals surface area contributed by atoms with Gasteiger partial charge in [0, 0.05) is 24.2 Å². The number of likely N-dealkylation sites (tertiary alicyclic amines) is 1. The van der Waals surface area contributed by atoms with Crippen LogP contribution in [0.3, 0.4) is 0 Å². The van der Waals surface area contributed by atoms with Gasteiger partial charge in [0.05, 0.1) is 18.7 Å². The fraction of sp³-hybridized carbons (Fsp3) is 0.429. The summed E-state index contributed by atoms with van der Waals surface area (Å²) in [6, 6.07) is 12.6. The summed E-state index contributed by atoms with van der Waals surface area (Å²) in [6.45, 7) is 9.24. The first-order valence-corrected chi connectivity index (χ1v) is 11.7. The van der Waals surface area contributed by atoms with E-state index in [0.29, 0.717) is 24.4 Å². The predicted octanol–water partition coefficient (Wildman–Crippen LogP) is 4.54. The number of likely N-dealkylation sites (N-methyl/N-ethyl adjacent to an activating group) is 1. The number of carbonyl (C=O) groups is 2. The van der Waals surface area contributed by atoms with Crippen LogP contribution in [0.25, 0.3) is 5.76 Å². The summed E-state index contributed by atoms with van der Waals surface area (Å²) in [5.41, 5.74) is 3.25. The van der Waals surface area contributed by atoms with Crippen molar-refractivity contribution in [1.82, 2.24) is 9.80 Å². The molecule has 3 rings (SSSR count). The lowest BCUT2D eigenvalue weighted by molar-refractivity contribution is -0.140. The Hall–Kier alpha value is -3.12. The zero-order valence-corrected chi connectivity index (χ0v) is 21.3. The van der Waals surface area contributed by atoms with E-state index < -0.39 is 17.7 Å². The van der Waals surface area contributed by atoms with E-state index in [2.05, 4.69) is 27.7 Å². The van der Waals surface area contributed by atoms with Gasteiger partial charge in [0.25, 0.3) is 11.7 Å². The largest absolute Gasteiger partial charge is 0.507 e. The summed E-state index contributed by atoms with van der Waals surface area (Å²) in [4.78, 5) is 29.9. The molecule has 0 aromatic heterocycles. The first-order valence-electron chi connectivity index (χ1n) is 11.7. The molecule has 1 saturated heterocycles. The monoisotopic (exact) mass is 464 g/mol. The van der Waals surface area contributed by atoms with E-state index in [-0.39, 0.29) is 16.7 Å². The number of hydrogen-bond donors (Lipinski definition) is 1. The Morgan fingerprint density at radius 3 is 2.26 bits per heavy atom. The smallest absolute Gasteiger partial charge is 0.295 e. The number of Topliss-reactive ketones (excluding diaryl/α,β-unsaturated/α-hetero) is 1. The van der Waals surface area contributed by atoms with Crippen LogP contribution in [0.4, 0.5) is 0 Å². The quantitative estimate of drug-likeness (QED) is 0.370. The summed E-state index contributed by atoms with van der Waals surface area (Å²) in [6.07, 6.45) is 0.891. The second kappa shape index (κ2) is 10.0. The minimum absolute atomic E-state index is 0.123. The van der Waals surface area contributed by atoms with Crippen LogP contribution in [0.15, 0.2) is 48.0 Å². The Kier molecular flexibility index (Phi) is 7.51. The molecule has 1 fully saturated rings. The number of methoxy groups -OCH3 is 1. The highest BCUT2D eigenvalue weighted by molar-refractivity contribution is 6.46. The van der Waals surface area contributed by atoms with Crippen LogP contribution < -0.4 is 4.74 Å². The van der Waals surface area contributed by atoms with Crippen LogP contribution in [-0.4, -0.2) is 60.9 Å². The molecule has 34 heavy (non-hydrogen) atoms. The molecule has 0 aliphatic carbocycles. The molecular weight excluding hydrogens is 428 g/mol. The van der Waals surface area contributed by atoms with Crippen LogP contribution in [0.5, 0.6) is 5.75 Å². The number of nitrogens with zero attached hydrogens (tertiary/aromatic N) is 2. The lowest BCUT2D eigenvalue weighted by atomic mass is 9.84. The van der Waals surface area contributed by atoms with Crippen molar-refractivity contribution >= 4 is 17.4 Å². The third-order valence-electron chi connectivity index (χ3n) is 6.31. The van der Waals surface area contributed by atoms with E-state index >= 15 is 0 Å². The molecule has 182 valence electrons. The highest BCUT2D eigenvalue weighted by atomic mass is 16.5. The van der Waals surface area contributed by atoms with Crippen LogP contribution in [0.2, 0.25) is 0 Å². The summed E-state index contributed by atoms with van der Waals surface area (Å²) < 4.78 is 5.52. The number of amides is 1. The van der Waals surface area contributed by atoms with Gasteiger partial charge in [-0.05, 0) is 55.3 Å². The van der Waals surface area contributed by atoms with E-state index in [1.165, 1.54) is 5.56 Å². The maximum atomic E-state index is 13.2. The fourth-order valence-electron chi connectivity index (χ4n) is 4.30. The first-order chi connectivity index (χ1) is 16.0. The van der Waals surface area contributed by atoms with Crippen molar-refractivity contribution in [3.8, 4) is 5.75 Å². The molecule has 6 nitrogen and oxygen atoms in total. The topological polar surface area (TPSA) is 70.1 Å². The standard InChI is InChI=1S/C28H36N2O4/c1-8-18-9-11-19(12-10-18)24-23(26(32)27(33)30(24)16-15-29(5)6)25(31)20-13-14-22(34-7)21(17-20)28(2,3)4/h9-14,17,24,31H,8,15-16H2,1-7H3/b25-23-. The molecule has 1 aliphatic heterocycles. The zero-order valence-electron chi connectivity index (χ0n) is 21.3. The Bertz CT molecular complexity index is 1090. The molecule has 1 amide bonds. The summed E-state index contributed by atoms with van der Waals surface area (Å²) in [7, 11) is 5.46. The van der Waals surface area contributed by atoms with E-state index in [1.807, 2.05) is 49.3 Å².